The molecule has 0 radical (unpaired) electrons. The third-order valence-electron chi connectivity index (χ3n) is 4.43. The first-order valence-electron chi connectivity index (χ1n) is 7.25. The van der Waals surface area contributed by atoms with Crippen molar-refractivity contribution in [3.8, 4) is 0 Å². The number of benzene rings is 2. The fourth-order valence-electron chi connectivity index (χ4n) is 3.02. The summed E-state index contributed by atoms with van der Waals surface area (Å²) in [5, 5.41) is 2.42. The van der Waals surface area contributed by atoms with Gasteiger partial charge in [-0.05, 0) is 35.6 Å². The van der Waals surface area contributed by atoms with Crippen molar-refractivity contribution < 1.29 is 9.53 Å². The highest BCUT2D eigenvalue weighted by Gasteiger charge is 2.38. The lowest BCUT2D eigenvalue weighted by Gasteiger charge is -2.40. The summed E-state index contributed by atoms with van der Waals surface area (Å²) in [5.74, 6) is 0.279. The highest BCUT2D eigenvalue weighted by atomic mass is 16.5. The van der Waals surface area contributed by atoms with Crippen LogP contribution in [0.5, 0.6) is 0 Å². The molecule has 1 saturated carbocycles. The number of carbonyl (C=O) groups is 1. The molecule has 1 aliphatic rings. The Balaban J connectivity index is 1.71. The predicted octanol–water partition coefficient (Wildman–Crippen LogP) is 3.91. The first-order chi connectivity index (χ1) is 9.71. The minimum absolute atomic E-state index is 0.159. The van der Waals surface area contributed by atoms with E-state index < -0.39 is 0 Å². The first kappa shape index (κ1) is 13.3. The van der Waals surface area contributed by atoms with Crippen LogP contribution in [0.4, 0.5) is 0 Å². The molecule has 0 spiro atoms. The molecular weight excluding hydrogens is 248 g/mol. The van der Waals surface area contributed by atoms with E-state index in [1.54, 1.807) is 7.11 Å². The number of carbonyl (C=O) groups excluding carboxylic acids is 1. The van der Waals surface area contributed by atoms with Crippen molar-refractivity contribution in [1.82, 2.24) is 0 Å². The van der Waals surface area contributed by atoms with Gasteiger partial charge in [0, 0.05) is 20.0 Å². The van der Waals surface area contributed by atoms with Gasteiger partial charge in [-0.1, -0.05) is 42.5 Å². The number of rotatable bonds is 5. The molecule has 2 nitrogen and oxygen atoms in total. The molecule has 0 aliphatic heterocycles. The zero-order valence-corrected chi connectivity index (χ0v) is 11.9. The smallest absolute Gasteiger partial charge is 0.140 e. The lowest BCUT2D eigenvalue weighted by atomic mass is 9.76. The van der Waals surface area contributed by atoms with E-state index in [9.17, 15) is 4.79 Å². The van der Waals surface area contributed by atoms with Gasteiger partial charge in [0.1, 0.15) is 5.78 Å². The minimum Gasteiger partial charge on any atom is -0.378 e. The number of hydrogen-bond donors (Lipinski definition) is 0. The standard InChI is InChI=1S/C18H20O2/c1-20-18(9-4-10-18)13-17(19)12-14-7-8-15-5-2-3-6-16(15)11-14/h2-3,5-8,11H,4,9-10,12-13H2,1H3. The highest BCUT2D eigenvalue weighted by molar-refractivity contribution is 5.86. The summed E-state index contributed by atoms with van der Waals surface area (Å²) in [4.78, 5) is 12.2. The predicted molar refractivity (Wildman–Crippen MR) is 80.9 cm³/mol. The number of ether oxygens (including phenoxy) is 1. The summed E-state index contributed by atoms with van der Waals surface area (Å²) < 4.78 is 5.53. The molecule has 0 saturated heterocycles. The molecule has 2 heteroatoms. The molecule has 0 unspecified atom stereocenters. The Kier molecular flexibility index (Phi) is 3.58. The van der Waals surface area contributed by atoms with Crippen LogP contribution in [-0.2, 0) is 16.0 Å². The van der Waals surface area contributed by atoms with E-state index >= 15 is 0 Å². The molecule has 0 N–H and O–H groups in total. The molecule has 20 heavy (non-hydrogen) atoms. The largest absolute Gasteiger partial charge is 0.378 e. The molecule has 0 amide bonds. The lowest BCUT2D eigenvalue weighted by molar-refractivity contribution is -0.131. The summed E-state index contributed by atoms with van der Waals surface area (Å²) in [6, 6.07) is 14.5. The maximum Gasteiger partial charge on any atom is 0.140 e. The van der Waals surface area contributed by atoms with Crippen LogP contribution in [0.1, 0.15) is 31.2 Å². The maximum atomic E-state index is 12.2. The van der Waals surface area contributed by atoms with Crippen molar-refractivity contribution in [3.63, 3.8) is 0 Å². The monoisotopic (exact) mass is 268 g/mol. The van der Waals surface area contributed by atoms with E-state index in [-0.39, 0.29) is 11.4 Å². The van der Waals surface area contributed by atoms with Gasteiger partial charge >= 0.3 is 0 Å². The SMILES string of the molecule is COC1(CC(=O)Cc2ccc3ccccc3c2)CCC1. The fraction of sp³-hybridized carbons (Fsp3) is 0.389. The van der Waals surface area contributed by atoms with Crippen LogP contribution in [0, 0.1) is 0 Å². The van der Waals surface area contributed by atoms with Crippen LogP contribution < -0.4 is 0 Å². The van der Waals surface area contributed by atoms with Gasteiger partial charge in [-0.3, -0.25) is 4.79 Å². The van der Waals surface area contributed by atoms with Crippen LogP contribution in [0.15, 0.2) is 42.5 Å². The van der Waals surface area contributed by atoms with Crippen LogP contribution >= 0.6 is 0 Å². The second-order valence-corrected chi connectivity index (χ2v) is 5.81. The third kappa shape index (κ3) is 2.61. The average molecular weight is 268 g/mol. The van der Waals surface area contributed by atoms with E-state index in [1.165, 1.54) is 17.2 Å². The van der Waals surface area contributed by atoms with Crippen molar-refractivity contribution in [2.24, 2.45) is 0 Å². The van der Waals surface area contributed by atoms with Crippen LogP contribution in [-0.4, -0.2) is 18.5 Å². The normalized spacial score (nSPS) is 16.9. The van der Waals surface area contributed by atoms with Gasteiger partial charge < -0.3 is 4.74 Å². The van der Waals surface area contributed by atoms with Crippen molar-refractivity contribution in [1.29, 1.82) is 0 Å². The molecule has 0 heterocycles. The molecule has 3 rings (SSSR count). The Morgan fingerprint density at radius 1 is 1.15 bits per heavy atom. The molecule has 0 atom stereocenters. The van der Waals surface area contributed by atoms with Gasteiger partial charge in [0.25, 0.3) is 0 Å². The Bertz CT molecular complexity index is 621. The van der Waals surface area contributed by atoms with Crippen LogP contribution in [0.25, 0.3) is 10.8 Å². The Labute approximate surface area is 119 Å². The molecule has 0 aromatic heterocycles. The zero-order valence-electron chi connectivity index (χ0n) is 11.9. The average Bonchev–Trinajstić information content (AvgIpc) is 2.43. The van der Waals surface area contributed by atoms with E-state index in [0.29, 0.717) is 12.8 Å². The van der Waals surface area contributed by atoms with Crippen LogP contribution in [0.3, 0.4) is 0 Å². The number of hydrogen-bond acceptors (Lipinski definition) is 2. The molecule has 0 bridgehead atoms. The third-order valence-corrected chi connectivity index (χ3v) is 4.43. The Morgan fingerprint density at radius 3 is 2.55 bits per heavy atom. The van der Waals surface area contributed by atoms with Crippen molar-refractivity contribution in [2.45, 2.75) is 37.7 Å². The molecule has 2 aromatic rings. The Hall–Kier alpha value is -1.67. The van der Waals surface area contributed by atoms with Gasteiger partial charge in [-0.25, -0.2) is 0 Å². The fourth-order valence-corrected chi connectivity index (χ4v) is 3.02. The first-order valence-corrected chi connectivity index (χ1v) is 7.25. The Morgan fingerprint density at radius 2 is 1.90 bits per heavy atom. The van der Waals surface area contributed by atoms with Gasteiger partial charge in [-0.2, -0.15) is 0 Å². The number of fused-ring (bicyclic) bond motifs is 1. The molecule has 2 aromatic carbocycles. The maximum absolute atomic E-state index is 12.2. The number of methoxy groups -OCH3 is 1. The van der Waals surface area contributed by atoms with E-state index in [1.807, 2.05) is 12.1 Å². The van der Waals surface area contributed by atoms with Crippen molar-refractivity contribution in [2.75, 3.05) is 7.11 Å². The van der Waals surface area contributed by atoms with Crippen molar-refractivity contribution in [3.05, 3.63) is 48.0 Å². The number of Topliss-reactive ketones (excluding diaryl/α,β-unsaturated/α-hetero) is 1. The zero-order chi connectivity index (χ0) is 14.0. The highest BCUT2D eigenvalue weighted by Crippen LogP contribution is 2.38. The van der Waals surface area contributed by atoms with E-state index in [0.717, 1.165) is 18.4 Å². The summed E-state index contributed by atoms with van der Waals surface area (Å²) in [7, 11) is 1.72. The topological polar surface area (TPSA) is 26.3 Å². The summed E-state index contributed by atoms with van der Waals surface area (Å²) in [6.07, 6.45) is 4.28. The van der Waals surface area contributed by atoms with E-state index in [4.69, 9.17) is 4.74 Å². The quantitative estimate of drug-likeness (QED) is 0.821. The van der Waals surface area contributed by atoms with Gasteiger partial charge in [-0.15, -0.1) is 0 Å². The summed E-state index contributed by atoms with van der Waals surface area (Å²) >= 11 is 0. The molecule has 1 fully saturated rings. The molecular formula is C18H20O2. The second kappa shape index (κ2) is 5.37. The minimum atomic E-state index is -0.159. The van der Waals surface area contributed by atoms with E-state index in [2.05, 4.69) is 30.3 Å². The molecule has 1 aliphatic carbocycles. The summed E-state index contributed by atoms with van der Waals surface area (Å²) in [6.45, 7) is 0. The van der Waals surface area contributed by atoms with Gasteiger partial charge in [0.05, 0.1) is 5.60 Å². The van der Waals surface area contributed by atoms with Crippen LogP contribution in [0.2, 0.25) is 0 Å². The summed E-state index contributed by atoms with van der Waals surface area (Å²) in [5.41, 5.74) is 0.938. The second-order valence-electron chi connectivity index (χ2n) is 5.81. The van der Waals surface area contributed by atoms with Gasteiger partial charge in [0.2, 0.25) is 0 Å². The van der Waals surface area contributed by atoms with Crippen molar-refractivity contribution >= 4 is 16.6 Å². The number of ketones is 1. The van der Waals surface area contributed by atoms with Gasteiger partial charge in [0.15, 0.2) is 0 Å². The molecule has 104 valence electrons. The lowest BCUT2D eigenvalue weighted by Crippen LogP contribution is -2.41.